The van der Waals surface area contributed by atoms with Crippen LogP contribution >= 0.6 is 11.6 Å². The Labute approximate surface area is 201 Å². The Bertz CT molecular complexity index is 1510. The van der Waals surface area contributed by atoms with Crippen molar-refractivity contribution in [2.24, 2.45) is 0 Å². The minimum Gasteiger partial charge on any atom is -0.370 e. The van der Waals surface area contributed by atoms with Crippen LogP contribution in [0.4, 0.5) is 11.4 Å². The number of hydrogen-bond donors (Lipinski definition) is 3. The quantitative estimate of drug-likeness (QED) is 0.281. The highest BCUT2D eigenvalue weighted by Crippen LogP contribution is 2.34. The van der Waals surface area contributed by atoms with Crippen molar-refractivity contribution in [1.82, 2.24) is 20.2 Å². The van der Waals surface area contributed by atoms with Gasteiger partial charge in [0.15, 0.2) is 5.69 Å². The summed E-state index contributed by atoms with van der Waals surface area (Å²) >= 11 is 6.20. The molecule has 0 aliphatic carbocycles. The van der Waals surface area contributed by atoms with Gasteiger partial charge in [-0.05, 0) is 66.8 Å². The summed E-state index contributed by atoms with van der Waals surface area (Å²) in [5.41, 5.74) is 5.78. The zero-order valence-electron chi connectivity index (χ0n) is 18.4. The molecular weight excluding hydrogens is 448 g/mol. The van der Waals surface area contributed by atoms with E-state index in [4.69, 9.17) is 11.6 Å². The maximum absolute atomic E-state index is 13.5. The molecule has 0 saturated carbocycles. The molecule has 1 aliphatic heterocycles. The second kappa shape index (κ2) is 8.50. The number of pyridine rings is 1. The fourth-order valence-corrected chi connectivity index (χ4v) is 4.96. The highest BCUT2D eigenvalue weighted by molar-refractivity contribution is 6.29. The number of nitrogens with zero attached hydrogens (tertiary/aromatic N) is 3. The molecule has 3 aromatic heterocycles. The summed E-state index contributed by atoms with van der Waals surface area (Å²) in [5, 5.41) is 12.6. The van der Waals surface area contributed by atoms with Gasteiger partial charge in [0.05, 0.1) is 23.1 Å². The van der Waals surface area contributed by atoms with E-state index in [1.807, 2.05) is 30.5 Å². The third-order valence-corrected chi connectivity index (χ3v) is 6.68. The molecule has 0 atom stereocenters. The summed E-state index contributed by atoms with van der Waals surface area (Å²) in [4.78, 5) is 23.4. The van der Waals surface area contributed by atoms with Gasteiger partial charge in [-0.25, -0.2) is 4.98 Å². The van der Waals surface area contributed by atoms with Crippen LogP contribution in [-0.4, -0.2) is 39.2 Å². The molecule has 6 rings (SSSR count). The minimum absolute atomic E-state index is 0.289. The number of rotatable bonds is 4. The van der Waals surface area contributed by atoms with E-state index in [2.05, 4.69) is 48.6 Å². The molecule has 170 valence electrons. The summed E-state index contributed by atoms with van der Waals surface area (Å²) in [5.74, 6) is -0.289. The van der Waals surface area contributed by atoms with Crippen molar-refractivity contribution in [3.05, 3.63) is 71.8 Å². The molecule has 4 heterocycles. The van der Waals surface area contributed by atoms with Crippen molar-refractivity contribution >= 4 is 50.7 Å². The maximum Gasteiger partial charge on any atom is 0.276 e. The van der Waals surface area contributed by atoms with Gasteiger partial charge < -0.3 is 15.2 Å². The zero-order chi connectivity index (χ0) is 23.1. The van der Waals surface area contributed by atoms with Crippen molar-refractivity contribution in [3.8, 4) is 11.1 Å². The molecule has 5 aromatic rings. The lowest BCUT2D eigenvalue weighted by molar-refractivity contribution is 0.102. The first-order valence-electron chi connectivity index (χ1n) is 11.4. The van der Waals surface area contributed by atoms with Crippen molar-refractivity contribution < 1.29 is 4.79 Å². The van der Waals surface area contributed by atoms with Crippen molar-refractivity contribution in [1.29, 1.82) is 0 Å². The van der Waals surface area contributed by atoms with Crippen LogP contribution in [0.25, 0.3) is 32.9 Å². The third kappa shape index (κ3) is 3.68. The average molecular weight is 471 g/mol. The molecule has 2 aromatic carbocycles. The van der Waals surface area contributed by atoms with Crippen molar-refractivity contribution in [2.75, 3.05) is 23.3 Å². The molecule has 8 heteroatoms. The number of carbonyl (C=O) groups excluding carboxylic acids is 1. The number of H-pyrrole nitrogens is 2. The number of piperidine rings is 1. The zero-order valence-corrected chi connectivity index (χ0v) is 19.2. The van der Waals surface area contributed by atoms with Crippen LogP contribution in [-0.2, 0) is 0 Å². The number of halogens is 1. The Hall–Kier alpha value is -3.84. The number of carbonyl (C=O) groups is 1. The minimum atomic E-state index is -0.289. The largest absolute Gasteiger partial charge is 0.370 e. The van der Waals surface area contributed by atoms with Crippen LogP contribution < -0.4 is 10.2 Å². The summed E-state index contributed by atoms with van der Waals surface area (Å²) in [6.07, 6.45) is 7.07. The molecule has 0 spiro atoms. The molecule has 0 unspecified atom stereocenters. The number of hydrogen-bond acceptors (Lipinski definition) is 4. The summed E-state index contributed by atoms with van der Waals surface area (Å²) in [6, 6.07) is 15.9. The van der Waals surface area contributed by atoms with Gasteiger partial charge in [-0.2, -0.15) is 5.10 Å². The molecule has 7 nitrogen and oxygen atoms in total. The number of anilines is 2. The normalized spacial score (nSPS) is 14.1. The third-order valence-electron chi connectivity index (χ3n) is 6.46. The lowest BCUT2D eigenvalue weighted by Crippen LogP contribution is -2.32. The Balaban J connectivity index is 1.41. The van der Waals surface area contributed by atoms with Gasteiger partial charge >= 0.3 is 0 Å². The van der Waals surface area contributed by atoms with Crippen LogP contribution in [0.1, 0.15) is 29.8 Å². The first-order chi connectivity index (χ1) is 16.7. The molecule has 0 radical (unpaired) electrons. The van der Waals surface area contributed by atoms with Gasteiger partial charge in [0.25, 0.3) is 5.91 Å². The van der Waals surface area contributed by atoms with E-state index in [1.165, 1.54) is 6.42 Å². The van der Waals surface area contributed by atoms with Crippen LogP contribution in [0.5, 0.6) is 0 Å². The first-order valence-corrected chi connectivity index (χ1v) is 11.8. The van der Waals surface area contributed by atoms with Crippen LogP contribution in [0.15, 0.2) is 60.9 Å². The summed E-state index contributed by atoms with van der Waals surface area (Å²) < 4.78 is 0. The molecule has 3 N–H and O–H groups in total. The topological polar surface area (TPSA) is 89.7 Å². The Morgan fingerprint density at radius 2 is 1.88 bits per heavy atom. The second-order valence-corrected chi connectivity index (χ2v) is 8.99. The number of nitrogens with one attached hydrogen (secondary N) is 3. The van der Waals surface area contributed by atoms with Crippen molar-refractivity contribution in [2.45, 2.75) is 19.3 Å². The van der Waals surface area contributed by atoms with E-state index < -0.39 is 0 Å². The van der Waals surface area contributed by atoms with E-state index in [1.54, 1.807) is 12.3 Å². The van der Waals surface area contributed by atoms with E-state index in [0.717, 1.165) is 64.6 Å². The van der Waals surface area contributed by atoms with Gasteiger partial charge in [-0.1, -0.05) is 23.7 Å². The van der Waals surface area contributed by atoms with Crippen LogP contribution in [0.3, 0.4) is 0 Å². The van der Waals surface area contributed by atoms with E-state index in [0.29, 0.717) is 16.5 Å². The fourth-order valence-electron chi connectivity index (χ4n) is 4.81. The standard InChI is InChI=1S/C26H23ClN6O/c27-24-8-7-23(33-11-2-1-3-12-33)25(31-24)26(34)30-21-13-16(14-22-19(21)15-29-32-22)17-5-4-6-20-18(17)9-10-28-20/h4-10,13-15,28H,1-3,11-12H2,(H,29,32)(H,30,34). The Morgan fingerprint density at radius 3 is 2.76 bits per heavy atom. The van der Waals surface area contributed by atoms with Gasteiger partial charge in [0.2, 0.25) is 0 Å². The predicted octanol–water partition coefficient (Wildman–Crippen LogP) is 6.00. The van der Waals surface area contributed by atoms with Gasteiger partial charge in [-0.15, -0.1) is 0 Å². The molecule has 0 bridgehead atoms. The smallest absolute Gasteiger partial charge is 0.276 e. The van der Waals surface area contributed by atoms with Crippen molar-refractivity contribution in [3.63, 3.8) is 0 Å². The number of fused-ring (bicyclic) bond motifs is 2. The van der Waals surface area contributed by atoms with Crippen LogP contribution in [0.2, 0.25) is 5.15 Å². The Morgan fingerprint density at radius 1 is 1.00 bits per heavy atom. The molecule has 1 fully saturated rings. The van der Waals surface area contributed by atoms with Gasteiger partial charge in [0.1, 0.15) is 5.15 Å². The average Bonchev–Trinajstić information content (AvgIpc) is 3.54. The lowest BCUT2D eigenvalue weighted by Gasteiger charge is -2.29. The van der Waals surface area contributed by atoms with E-state index >= 15 is 0 Å². The summed E-state index contributed by atoms with van der Waals surface area (Å²) in [6.45, 7) is 1.82. The van der Waals surface area contributed by atoms with E-state index in [9.17, 15) is 4.79 Å². The predicted molar refractivity (Wildman–Crippen MR) is 137 cm³/mol. The monoisotopic (exact) mass is 470 g/mol. The summed E-state index contributed by atoms with van der Waals surface area (Å²) in [7, 11) is 0. The highest BCUT2D eigenvalue weighted by Gasteiger charge is 2.22. The first kappa shape index (κ1) is 20.7. The number of aromatic amines is 2. The lowest BCUT2D eigenvalue weighted by atomic mass is 9.99. The molecular formula is C26H23ClN6O. The molecule has 1 saturated heterocycles. The maximum atomic E-state index is 13.5. The number of amides is 1. The van der Waals surface area contributed by atoms with E-state index in [-0.39, 0.29) is 5.91 Å². The van der Waals surface area contributed by atoms with Gasteiger partial charge in [0, 0.05) is 35.6 Å². The SMILES string of the molecule is O=C(Nc1cc(-c2cccc3[nH]ccc23)cc2[nH]ncc12)c1nc(Cl)ccc1N1CCCCC1. The fraction of sp³-hybridized carbons (Fsp3) is 0.192. The number of aromatic nitrogens is 4. The second-order valence-electron chi connectivity index (χ2n) is 8.60. The van der Waals surface area contributed by atoms with Gasteiger partial charge in [-0.3, -0.25) is 9.89 Å². The van der Waals surface area contributed by atoms with Crippen LogP contribution in [0, 0.1) is 0 Å². The molecule has 34 heavy (non-hydrogen) atoms. The Kier molecular flexibility index (Phi) is 5.19. The highest BCUT2D eigenvalue weighted by atomic mass is 35.5. The number of benzene rings is 2. The molecule has 1 aliphatic rings. The molecule has 1 amide bonds.